The van der Waals surface area contributed by atoms with Gasteiger partial charge in [0.1, 0.15) is 11.6 Å². The van der Waals surface area contributed by atoms with Crippen molar-refractivity contribution in [3.63, 3.8) is 0 Å². The summed E-state index contributed by atoms with van der Waals surface area (Å²) in [5.41, 5.74) is 0.951. The number of rotatable bonds is 9. The highest BCUT2D eigenvalue weighted by Crippen LogP contribution is 2.64. The molecular weight excluding hydrogens is 574 g/mol. The van der Waals surface area contributed by atoms with Crippen molar-refractivity contribution in [1.82, 2.24) is 4.31 Å². The van der Waals surface area contributed by atoms with E-state index in [-0.39, 0.29) is 29.1 Å². The van der Waals surface area contributed by atoms with Gasteiger partial charge in [-0.25, -0.2) is 17.7 Å². The van der Waals surface area contributed by atoms with Crippen molar-refractivity contribution < 1.29 is 27.2 Å². The van der Waals surface area contributed by atoms with E-state index in [4.69, 9.17) is 18.9 Å². The predicted octanol–water partition coefficient (Wildman–Crippen LogP) is 6.07. The zero-order chi connectivity index (χ0) is 30.1. The number of hydrogen-bond acceptors (Lipinski definition) is 8. The molecule has 42 heavy (non-hydrogen) atoms. The average Bonchev–Trinajstić information content (AvgIpc) is 3.62. The minimum atomic E-state index is -4.00. The standard InChI is InChI=1S/C30H37N3O7SSi/c1-6-42(7-2,8-3)39-27-23-10-9-11-25(38-5)26(23)24-19-29(27,4)40-30(24)18-20-16-17-32(28(20)31-30)41(36,37)22-14-12-21(13-15-22)33(34)35/h9-15,18,24,27H,6-8,16-17,19H2,1-5H3/t24-,27+,29+,30-/m0/s1. The number of ether oxygens (including phenoxy) is 2. The normalized spacial score (nSPS) is 28.0. The van der Waals surface area contributed by atoms with Crippen LogP contribution in [0.5, 0.6) is 5.75 Å². The molecule has 2 bridgehead atoms. The Morgan fingerprint density at radius 1 is 1.14 bits per heavy atom. The van der Waals surface area contributed by atoms with Gasteiger partial charge in [-0.1, -0.05) is 32.9 Å². The molecule has 0 N–H and O–H groups in total. The largest absolute Gasteiger partial charge is 0.496 e. The quantitative estimate of drug-likeness (QED) is 0.192. The minimum Gasteiger partial charge on any atom is -0.496 e. The lowest BCUT2D eigenvalue weighted by Gasteiger charge is -2.43. The number of nitrogens with zero attached hydrogens (tertiary/aromatic N) is 3. The van der Waals surface area contributed by atoms with Crippen LogP contribution in [-0.2, 0) is 19.2 Å². The second-order valence-electron chi connectivity index (χ2n) is 11.8. The molecule has 0 radical (unpaired) electrons. The van der Waals surface area contributed by atoms with E-state index in [1.54, 1.807) is 7.11 Å². The summed E-state index contributed by atoms with van der Waals surface area (Å²) in [5.74, 6) is 0.933. The molecule has 12 heteroatoms. The summed E-state index contributed by atoms with van der Waals surface area (Å²) in [7, 11) is -4.38. The predicted molar refractivity (Wildman–Crippen MR) is 161 cm³/mol. The SMILES string of the molecule is CC[Si](CC)(CC)O[C@@H]1c2cccc(OC)c2[C@@H]2C[C@@]1(C)O[C@@]21C=C2CCN(S(=O)(=O)c3ccc([N+](=O)[O-])cc3)C2=N1. The second kappa shape index (κ2) is 10.0. The first kappa shape index (κ1) is 29.0. The van der Waals surface area contributed by atoms with E-state index in [2.05, 4.69) is 33.8 Å². The fourth-order valence-electron chi connectivity index (χ4n) is 7.26. The van der Waals surface area contributed by atoms with Gasteiger partial charge in [0.05, 0.1) is 28.6 Å². The summed E-state index contributed by atoms with van der Waals surface area (Å²) < 4.78 is 48.9. The molecule has 2 saturated heterocycles. The second-order valence-corrected chi connectivity index (χ2v) is 18.4. The molecule has 3 aliphatic heterocycles. The molecule has 2 aromatic rings. The molecule has 224 valence electrons. The van der Waals surface area contributed by atoms with Crippen LogP contribution < -0.4 is 4.74 Å². The number of nitro benzene ring substituents is 1. The Hall–Kier alpha value is -3.06. The Labute approximate surface area is 247 Å². The van der Waals surface area contributed by atoms with Crippen molar-refractivity contribution in [1.29, 1.82) is 0 Å². The first-order valence-electron chi connectivity index (χ1n) is 14.6. The number of nitro groups is 1. The highest BCUT2D eigenvalue weighted by atomic mass is 32.2. The maximum Gasteiger partial charge on any atom is 0.269 e. The van der Waals surface area contributed by atoms with Crippen LogP contribution in [0.1, 0.15) is 63.7 Å². The van der Waals surface area contributed by atoms with E-state index in [1.165, 1.54) is 28.6 Å². The van der Waals surface area contributed by atoms with Gasteiger partial charge in [-0.15, -0.1) is 0 Å². The van der Waals surface area contributed by atoms with Gasteiger partial charge in [0.25, 0.3) is 15.7 Å². The van der Waals surface area contributed by atoms with Crippen molar-refractivity contribution in [3.05, 3.63) is 75.4 Å². The first-order chi connectivity index (χ1) is 20.0. The van der Waals surface area contributed by atoms with Crippen LogP contribution in [0.2, 0.25) is 18.1 Å². The molecule has 4 atom stereocenters. The number of methoxy groups -OCH3 is 1. The van der Waals surface area contributed by atoms with Crippen molar-refractivity contribution in [3.8, 4) is 5.75 Å². The van der Waals surface area contributed by atoms with Crippen LogP contribution in [0, 0.1) is 10.1 Å². The van der Waals surface area contributed by atoms with E-state index in [0.29, 0.717) is 18.7 Å². The fourth-order valence-corrected chi connectivity index (χ4v) is 11.6. The minimum absolute atomic E-state index is 0.0171. The van der Waals surface area contributed by atoms with Crippen molar-refractivity contribution in [2.24, 2.45) is 4.99 Å². The van der Waals surface area contributed by atoms with Gasteiger partial charge in [-0.2, -0.15) is 0 Å². The monoisotopic (exact) mass is 611 g/mol. The van der Waals surface area contributed by atoms with Gasteiger partial charge >= 0.3 is 0 Å². The molecule has 2 fully saturated rings. The zero-order valence-electron chi connectivity index (χ0n) is 24.6. The third-order valence-corrected chi connectivity index (χ3v) is 16.1. The van der Waals surface area contributed by atoms with Crippen LogP contribution in [0.4, 0.5) is 5.69 Å². The number of sulfonamides is 1. The third-order valence-electron chi connectivity index (χ3n) is 9.72. The van der Waals surface area contributed by atoms with Gasteiger partial charge in [0.2, 0.25) is 0 Å². The Kier molecular flexibility index (Phi) is 6.91. The molecule has 0 saturated carbocycles. The van der Waals surface area contributed by atoms with E-state index < -0.39 is 34.6 Å². The summed E-state index contributed by atoms with van der Waals surface area (Å²) in [6.07, 6.45) is 2.86. The molecular formula is C30H37N3O7SSi. The van der Waals surface area contributed by atoms with E-state index in [9.17, 15) is 18.5 Å². The van der Waals surface area contributed by atoms with Crippen LogP contribution in [0.3, 0.4) is 0 Å². The molecule has 4 aliphatic rings. The number of benzene rings is 2. The molecule has 2 aromatic carbocycles. The summed E-state index contributed by atoms with van der Waals surface area (Å²) in [4.78, 5) is 15.6. The Balaban J connectivity index is 1.43. The molecule has 1 spiro atoms. The van der Waals surface area contributed by atoms with Crippen LogP contribution >= 0.6 is 0 Å². The first-order valence-corrected chi connectivity index (χ1v) is 18.6. The molecule has 1 aliphatic carbocycles. The number of hydrogen-bond donors (Lipinski definition) is 0. The molecule has 0 unspecified atom stereocenters. The molecule has 0 amide bonds. The lowest BCUT2D eigenvalue weighted by molar-refractivity contribution is -0.384. The number of amidine groups is 1. The Morgan fingerprint density at radius 2 is 1.83 bits per heavy atom. The van der Waals surface area contributed by atoms with E-state index in [0.717, 1.165) is 40.6 Å². The molecule has 0 aromatic heterocycles. The van der Waals surface area contributed by atoms with E-state index >= 15 is 0 Å². The van der Waals surface area contributed by atoms with E-state index in [1.807, 2.05) is 18.2 Å². The highest BCUT2D eigenvalue weighted by molar-refractivity contribution is 7.89. The topological polar surface area (TPSA) is 121 Å². The summed E-state index contributed by atoms with van der Waals surface area (Å²) >= 11 is 0. The highest BCUT2D eigenvalue weighted by Gasteiger charge is 2.64. The van der Waals surface area contributed by atoms with Crippen LogP contribution in [0.25, 0.3) is 0 Å². The molecule has 6 rings (SSSR count). The smallest absolute Gasteiger partial charge is 0.269 e. The van der Waals surface area contributed by atoms with Gasteiger partial charge in [-0.05, 0) is 73.3 Å². The number of non-ortho nitro benzene ring substituents is 1. The van der Waals surface area contributed by atoms with Crippen molar-refractivity contribution >= 4 is 29.9 Å². The third kappa shape index (κ3) is 4.17. The van der Waals surface area contributed by atoms with Crippen molar-refractivity contribution in [2.45, 2.75) is 86.9 Å². The van der Waals surface area contributed by atoms with Gasteiger partial charge < -0.3 is 13.9 Å². The lowest BCUT2D eigenvalue weighted by atomic mass is 9.72. The fraction of sp³-hybridized carbons (Fsp3) is 0.500. The Morgan fingerprint density at radius 3 is 2.45 bits per heavy atom. The molecule has 10 nitrogen and oxygen atoms in total. The molecule has 3 heterocycles. The number of fused-ring (bicyclic) bond motifs is 6. The lowest BCUT2D eigenvalue weighted by Crippen LogP contribution is -2.46. The summed E-state index contributed by atoms with van der Waals surface area (Å²) in [6, 6.07) is 14.0. The van der Waals surface area contributed by atoms with Crippen LogP contribution in [0.15, 0.2) is 64.0 Å². The maximum atomic E-state index is 13.7. The maximum absolute atomic E-state index is 13.7. The van der Waals surface area contributed by atoms with Gasteiger partial charge in [0.15, 0.2) is 14.0 Å². The zero-order valence-corrected chi connectivity index (χ0v) is 26.4. The average molecular weight is 612 g/mol. The van der Waals surface area contributed by atoms with Crippen LogP contribution in [-0.4, -0.2) is 56.8 Å². The Bertz CT molecular complexity index is 1600. The summed E-state index contributed by atoms with van der Waals surface area (Å²) in [6.45, 7) is 8.98. The van der Waals surface area contributed by atoms with Crippen molar-refractivity contribution in [2.75, 3.05) is 13.7 Å². The van der Waals surface area contributed by atoms with Gasteiger partial charge in [0, 0.05) is 30.2 Å². The van der Waals surface area contributed by atoms with Gasteiger partial charge in [-0.3, -0.25) is 10.1 Å². The summed E-state index contributed by atoms with van der Waals surface area (Å²) in [5, 5.41) is 11.1. The number of aliphatic imine (C=N–C) groups is 1.